The van der Waals surface area contributed by atoms with E-state index in [4.69, 9.17) is 0 Å². The van der Waals surface area contributed by atoms with Gasteiger partial charge >= 0.3 is 0 Å². The maximum atomic E-state index is 13.1. The summed E-state index contributed by atoms with van der Waals surface area (Å²) in [5, 5.41) is 2.87. The Bertz CT molecular complexity index is 1150. The lowest BCUT2D eigenvalue weighted by molar-refractivity contribution is -0.117. The molecule has 148 valence electrons. The van der Waals surface area contributed by atoms with Gasteiger partial charge in [0.2, 0.25) is 5.91 Å². The molecule has 3 aromatic rings. The summed E-state index contributed by atoms with van der Waals surface area (Å²) < 4.78 is 13.1. The molecule has 1 heterocycles. The second-order valence-electron chi connectivity index (χ2n) is 7.53. The molecule has 0 bridgehead atoms. The third kappa shape index (κ3) is 3.06. The van der Waals surface area contributed by atoms with E-state index in [-0.39, 0.29) is 35.4 Å². The molecule has 1 fully saturated rings. The van der Waals surface area contributed by atoms with Crippen molar-refractivity contribution in [3.05, 3.63) is 95.3 Å². The van der Waals surface area contributed by atoms with Gasteiger partial charge < -0.3 is 5.32 Å². The second-order valence-corrected chi connectivity index (χ2v) is 7.53. The van der Waals surface area contributed by atoms with Crippen LogP contribution in [0.2, 0.25) is 0 Å². The lowest BCUT2D eigenvalue weighted by Gasteiger charge is -2.15. The Hall–Kier alpha value is -3.80. The van der Waals surface area contributed by atoms with Crippen molar-refractivity contribution in [1.82, 2.24) is 0 Å². The Morgan fingerprint density at radius 1 is 0.900 bits per heavy atom. The quantitative estimate of drug-likeness (QED) is 0.662. The minimum atomic E-state index is -0.377. The molecule has 3 aromatic carbocycles. The van der Waals surface area contributed by atoms with Crippen molar-refractivity contribution in [2.75, 3.05) is 10.2 Å². The molecule has 0 saturated heterocycles. The standard InChI is InChI=1S/C24H17FN2O3/c25-15-10-8-14(9-11-15)20-13-21(20)22(28)26-16-4-3-5-17(12-16)27-23(29)18-6-1-2-7-19(18)24(27)30/h1-12,20-21H,13H2,(H,26,28). The Morgan fingerprint density at radius 3 is 2.23 bits per heavy atom. The number of hydrogen-bond acceptors (Lipinski definition) is 3. The van der Waals surface area contributed by atoms with Crippen molar-refractivity contribution in [1.29, 1.82) is 0 Å². The molecule has 1 N–H and O–H groups in total. The zero-order valence-electron chi connectivity index (χ0n) is 15.8. The molecule has 2 atom stereocenters. The minimum Gasteiger partial charge on any atom is -0.326 e. The molecule has 1 aliphatic heterocycles. The van der Waals surface area contributed by atoms with E-state index < -0.39 is 0 Å². The number of hydrogen-bond donors (Lipinski definition) is 1. The van der Waals surface area contributed by atoms with Crippen molar-refractivity contribution in [2.45, 2.75) is 12.3 Å². The molecule has 1 aliphatic carbocycles. The van der Waals surface area contributed by atoms with Gasteiger partial charge in [-0.3, -0.25) is 14.4 Å². The Kier molecular flexibility index (Phi) is 4.20. The van der Waals surface area contributed by atoms with Gasteiger partial charge in [-0.2, -0.15) is 0 Å². The van der Waals surface area contributed by atoms with Crippen molar-refractivity contribution in [3.63, 3.8) is 0 Å². The third-order valence-corrected chi connectivity index (χ3v) is 5.59. The minimum absolute atomic E-state index is 0.0741. The normalized spacial score (nSPS) is 19.6. The van der Waals surface area contributed by atoms with Gasteiger partial charge in [-0.05, 0) is 60.4 Å². The molecule has 30 heavy (non-hydrogen) atoms. The van der Waals surface area contributed by atoms with Crippen molar-refractivity contribution in [3.8, 4) is 0 Å². The van der Waals surface area contributed by atoms with Gasteiger partial charge in [0, 0.05) is 11.6 Å². The number of carbonyl (C=O) groups is 3. The van der Waals surface area contributed by atoms with E-state index in [1.54, 1.807) is 60.7 Å². The molecule has 6 heteroatoms. The number of carbonyl (C=O) groups excluding carboxylic acids is 3. The smallest absolute Gasteiger partial charge is 0.266 e. The number of nitrogens with one attached hydrogen (secondary N) is 1. The summed E-state index contributed by atoms with van der Waals surface area (Å²) in [6, 6.07) is 19.6. The fourth-order valence-corrected chi connectivity index (χ4v) is 3.94. The van der Waals surface area contributed by atoms with Crippen molar-refractivity contribution in [2.24, 2.45) is 5.92 Å². The van der Waals surface area contributed by atoms with Crippen LogP contribution in [0.25, 0.3) is 0 Å². The number of amides is 3. The van der Waals surface area contributed by atoms with E-state index in [1.165, 1.54) is 12.1 Å². The van der Waals surface area contributed by atoms with E-state index in [9.17, 15) is 18.8 Å². The van der Waals surface area contributed by atoms with Crippen LogP contribution in [0.1, 0.15) is 38.6 Å². The molecule has 3 amide bonds. The highest BCUT2D eigenvalue weighted by Gasteiger charge is 2.44. The molecule has 1 saturated carbocycles. The summed E-state index contributed by atoms with van der Waals surface area (Å²) in [4.78, 5) is 39.1. The number of benzene rings is 3. The number of fused-ring (bicyclic) bond motifs is 1. The van der Waals surface area contributed by atoms with Crippen LogP contribution in [0.4, 0.5) is 15.8 Å². The Morgan fingerprint density at radius 2 is 1.57 bits per heavy atom. The van der Waals surface area contributed by atoms with Gasteiger partial charge in [-0.15, -0.1) is 0 Å². The number of imide groups is 1. The lowest BCUT2D eigenvalue weighted by Crippen LogP contribution is -2.29. The van der Waals surface area contributed by atoms with Crippen LogP contribution in [-0.2, 0) is 4.79 Å². The van der Waals surface area contributed by atoms with E-state index in [0.717, 1.165) is 10.5 Å². The average Bonchev–Trinajstić information content (AvgIpc) is 3.51. The van der Waals surface area contributed by atoms with Gasteiger partial charge in [0.15, 0.2) is 0 Å². The highest BCUT2D eigenvalue weighted by molar-refractivity contribution is 6.34. The molecular formula is C24H17FN2O3. The molecule has 0 spiro atoms. The fourth-order valence-electron chi connectivity index (χ4n) is 3.94. The van der Waals surface area contributed by atoms with Gasteiger partial charge in [0.1, 0.15) is 5.82 Å². The molecule has 0 aromatic heterocycles. The molecular weight excluding hydrogens is 383 g/mol. The maximum absolute atomic E-state index is 13.1. The first-order valence-corrected chi connectivity index (χ1v) is 9.67. The summed E-state index contributed by atoms with van der Waals surface area (Å²) >= 11 is 0. The van der Waals surface area contributed by atoms with Gasteiger partial charge in [-0.25, -0.2) is 9.29 Å². The molecule has 2 aliphatic rings. The third-order valence-electron chi connectivity index (χ3n) is 5.59. The molecule has 0 radical (unpaired) electrons. The Balaban J connectivity index is 1.32. The van der Waals surface area contributed by atoms with Gasteiger partial charge in [-0.1, -0.05) is 30.3 Å². The summed E-state index contributed by atoms with van der Waals surface area (Å²) in [5.74, 6) is -1.30. The van der Waals surface area contributed by atoms with E-state index in [1.807, 2.05) is 0 Å². The summed E-state index contributed by atoms with van der Waals surface area (Å²) in [6.45, 7) is 0. The lowest BCUT2D eigenvalue weighted by atomic mass is 10.1. The first-order valence-electron chi connectivity index (χ1n) is 9.67. The number of rotatable bonds is 4. The fraction of sp³-hybridized carbons (Fsp3) is 0.125. The van der Waals surface area contributed by atoms with Gasteiger partial charge in [0.05, 0.1) is 16.8 Å². The van der Waals surface area contributed by atoms with Crippen LogP contribution in [0.3, 0.4) is 0 Å². The first kappa shape index (κ1) is 18.2. The van der Waals surface area contributed by atoms with Crippen LogP contribution in [0, 0.1) is 11.7 Å². The highest BCUT2D eigenvalue weighted by atomic mass is 19.1. The monoisotopic (exact) mass is 400 g/mol. The summed E-state index contributed by atoms with van der Waals surface area (Å²) in [5.41, 5.74) is 2.61. The van der Waals surface area contributed by atoms with Crippen molar-refractivity contribution < 1.29 is 18.8 Å². The van der Waals surface area contributed by atoms with E-state index >= 15 is 0 Å². The average molecular weight is 400 g/mol. The molecule has 5 nitrogen and oxygen atoms in total. The van der Waals surface area contributed by atoms with Crippen LogP contribution >= 0.6 is 0 Å². The highest BCUT2D eigenvalue weighted by Crippen LogP contribution is 2.48. The Labute approximate surface area is 172 Å². The van der Waals surface area contributed by atoms with E-state index in [0.29, 0.717) is 28.9 Å². The zero-order chi connectivity index (χ0) is 20.8. The molecule has 2 unspecified atom stereocenters. The summed E-state index contributed by atoms with van der Waals surface area (Å²) in [6.07, 6.45) is 0.704. The van der Waals surface area contributed by atoms with Gasteiger partial charge in [0.25, 0.3) is 11.8 Å². The van der Waals surface area contributed by atoms with Crippen LogP contribution in [-0.4, -0.2) is 17.7 Å². The first-order chi connectivity index (χ1) is 14.5. The zero-order valence-corrected chi connectivity index (χ0v) is 15.8. The second kappa shape index (κ2) is 6.91. The number of anilines is 2. The predicted molar refractivity (Wildman–Crippen MR) is 110 cm³/mol. The summed E-state index contributed by atoms with van der Waals surface area (Å²) in [7, 11) is 0. The topological polar surface area (TPSA) is 66.5 Å². The number of nitrogens with zero attached hydrogens (tertiary/aromatic N) is 1. The maximum Gasteiger partial charge on any atom is 0.266 e. The van der Waals surface area contributed by atoms with Crippen LogP contribution in [0.5, 0.6) is 0 Å². The number of halogens is 1. The molecule has 5 rings (SSSR count). The largest absolute Gasteiger partial charge is 0.326 e. The SMILES string of the molecule is O=C(Nc1cccc(N2C(=O)c3ccccc3C2=O)c1)C1CC1c1ccc(F)cc1. The van der Waals surface area contributed by atoms with Crippen LogP contribution < -0.4 is 10.2 Å². The predicted octanol–water partition coefficient (Wildman–Crippen LogP) is 4.37. The van der Waals surface area contributed by atoms with Crippen LogP contribution in [0.15, 0.2) is 72.8 Å². The van der Waals surface area contributed by atoms with Crippen molar-refractivity contribution >= 4 is 29.1 Å². The van der Waals surface area contributed by atoms with E-state index in [2.05, 4.69) is 5.32 Å².